The van der Waals surface area contributed by atoms with Gasteiger partial charge in [-0.25, -0.2) is 44.9 Å². The first-order chi connectivity index (χ1) is 58.3. The maximum Gasteiger partial charge on any atom is 0.181 e. The molecule has 0 aliphatic carbocycles. The van der Waals surface area contributed by atoms with Gasteiger partial charge in [0.05, 0.1) is 61.7 Å². The third kappa shape index (κ3) is 38.6. The maximum absolute atomic E-state index is 5.33. The average molecular weight is 1670 g/mol. The molecule has 0 radical (unpaired) electrons. The van der Waals surface area contributed by atoms with Crippen LogP contribution in [-0.4, -0.2) is 167 Å². The molecule has 0 unspecified atom stereocenters. The van der Waals surface area contributed by atoms with Gasteiger partial charge in [0.1, 0.15) is 35.4 Å². The van der Waals surface area contributed by atoms with E-state index >= 15 is 0 Å². The summed E-state index contributed by atoms with van der Waals surface area (Å²) in [5, 5.41) is 4.05. The highest BCUT2D eigenvalue weighted by Crippen LogP contribution is 2.26. The number of ether oxygens (including phenoxy) is 2. The fraction of sp³-hybridized carbons (Fsp3) is 0.551. The summed E-state index contributed by atoms with van der Waals surface area (Å²) in [6.45, 7) is 62.1. The molecular weight excluding hydrogens is 1520 g/mol. The van der Waals surface area contributed by atoms with Crippen LogP contribution in [0.2, 0.25) is 0 Å². The Bertz CT molecular complexity index is 4130. The second kappa shape index (κ2) is 56.6. The number of imidazole rings is 2. The van der Waals surface area contributed by atoms with Gasteiger partial charge in [0.25, 0.3) is 0 Å². The van der Waals surface area contributed by atoms with E-state index in [2.05, 4.69) is 297 Å². The van der Waals surface area contributed by atoms with E-state index in [1.54, 1.807) is 43.5 Å². The third-order valence-corrected chi connectivity index (χ3v) is 20.3. The van der Waals surface area contributed by atoms with Crippen LogP contribution < -0.4 is 14.7 Å². The van der Waals surface area contributed by atoms with Gasteiger partial charge in [0.15, 0.2) is 6.39 Å². The lowest BCUT2D eigenvalue weighted by Gasteiger charge is -2.28. The lowest BCUT2D eigenvalue weighted by Crippen LogP contribution is -2.36. The molecule has 1 aromatic carbocycles. The lowest BCUT2D eigenvalue weighted by molar-refractivity contribution is 0.122. The molecular formula is C98H151N21O3. The molecule has 24 nitrogen and oxygen atoms in total. The number of likely N-dealkylation sites (tertiary alicyclic amines) is 1. The minimum absolute atomic E-state index is 0.429. The highest BCUT2D eigenvalue weighted by molar-refractivity contribution is 5.50. The minimum Gasteiger partial charge on any atom is -0.448 e. The molecule has 122 heavy (non-hydrogen) atoms. The molecule has 4 saturated heterocycles. The Morgan fingerprint density at radius 2 is 0.951 bits per heavy atom. The van der Waals surface area contributed by atoms with Crippen molar-refractivity contribution < 1.29 is 13.9 Å². The molecule has 24 heteroatoms. The number of hydrogen-bond donors (Lipinski definition) is 0. The standard InChI is InChI=1S/C13H20N2.C13H19N.C12H18N2O.C11H17N3O.3C7H12N2.3C7H10N2.C7H11NO/c1-11(2)13-7-5-6-12(14-13)10-15-8-3-4-9-15;1-11(2)12-6-5-7-13(10-12)14-8-3-4-9-14;1-10(2)11-4-3-5-12(13-11)14-6-8-15-9-7-14;1-9(2)10-7-12-8-11(13-10)14-3-5-15-6-4-14;1-6(2)7-4-8-5-9(7)3;1-6(2)7-8-4-5-9(7)3;1-6(2)7-4-5-8-9(7)3;1-6(2)7-5-8-3-4-9-7;1-6(2)7-3-4-8-5-9-7;1-6(2)7-8-4-3-5-9-7;1-5(2)7-6(3)8-4-9-7/h5-7,11H,3-4,8-10H2,1-2H3;5-7,10-11H,3-4,8-9H2,1-2H3;3-5,10H,6-9H2,1-2H3;7-9H,3-6H2,1-2H3;3*4-6H,1-3H3;3*3-6H,1-2H3;4-5H,1-3H3. The van der Waals surface area contributed by atoms with Crippen molar-refractivity contribution in [1.82, 2.24) is 88.6 Å². The van der Waals surface area contributed by atoms with Crippen LogP contribution in [0.1, 0.15) is 317 Å². The number of morpholine rings is 2. The quantitative estimate of drug-likeness (QED) is 0.0873. The van der Waals surface area contributed by atoms with E-state index in [4.69, 9.17) is 18.9 Å². The van der Waals surface area contributed by atoms with Gasteiger partial charge >= 0.3 is 0 Å². The van der Waals surface area contributed by atoms with Crippen LogP contribution in [0.4, 0.5) is 17.3 Å². The van der Waals surface area contributed by atoms with Crippen LogP contribution in [0.25, 0.3) is 0 Å². The van der Waals surface area contributed by atoms with Crippen molar-refractivity contribution >= 4 is 17.3 Å². The molecule has 0 amide bonds. The normalized spacial score (nSPS) is 13.7. The van der Waals surface area contributed by atoms with Crippen LogP contribution >= 0.6 is 0 Å². The van der Waals surface area contributed by atoms with Crippen molar-refractivity contribution in [1.29, 1.82) is 0 Å². The number of hydrogen-bond acceptors (Lipinski definition) is 21. The first-order valence-electron chi connectivity index (χ1n) is 44.4. The number of anilines is 3. The van der Waals surface area contributed by atoms with Gasteiger partial charge in [-0.05, 0) is 153 Å². The van der Waals surface area contributed by atoms with Gasteiger partial charge in [-0.2, -0.15) is 5.10 Å². The molecule has 0 saturated carbocycles. The van der Waals surface area contributed by atoms with Crippen molar-refractivity contribution in [2.75, 3.05) is 93.5 Å². The van der Waals surface area contributed by atoms with Gasteiger partial charge in [-0.15, -0.1) is 0 Å². The molecule has 666 valence electrons. The predicted octanol–water partition coefficient (Wildman–Crippen LogP) is 21.2. The molecule has 4 aliphatic heterocycles. The first-order valence-corrected chi connectivity index (χ1v) is 44.4. The Hall–Kier alpha value is -10.0. The Morgan fingerprint density at radius 3 is 1.38 bits per heavy atom. The van der Waals surface area contributed by atoms with E-state index in [0.717, 1.165) is 111 Å². The molecule has 4 aliphatic rings. The van der Waals surface area contributed by atoms with Crippen molar-refractivity contribution in [2.24, 2.45) is 21.1 Å². The summed E-state index contributed by atoms with van der Waals surface area (Å²) in [5.74, 6) is 10.8. The topological polar surface area (TPSA) is 240 Å². The van der Waals surface area contributed by atoms with Crippen LogP contribution in [0, 0.1) is 6.92 Å². The fourth-order valence-corrected chi connectivity index (χ4v) is 13.0. The van der Waals surface area contributed by atoms with Crippen LogP contribution in [0.15, 0.2) is 177 Å². The van der Waals surface area contributed by atoms with Crippen molar-refractivity contribution in [2.45, 2.75) is 257 Å². The van der Waals surface area contributed by atoms with Crippen molar-refractivity contribution in [3.63, 3.8) is 0 Å². The van der Waals surface area contributed by atoms with Crippen molar-refractivity contribution in [3.8, 4) is 0 Å². The van der Waals surface area contributed by atoms with Gasteiger partial charge in [0, 0.05) is 187 Å². The number of pyridine rings is 2. The summed E-state index contributed by atoms with van der Waals surface area (Å²) in [6.07, 6.45) is 32.0. The van der Waals surface area contributed by atoms with E-state index in [-0.39, 0.29) is 0 Å². The summed E-state index contributed by atoms with van der Waals surface area (Å²) in [6, 6.07) is 27.5. The molecule has 14 heterocycles. The van der Waals surface area contributed by atoms with E-state index < -0.39 is 0 Å². The van der Waals surface area contributed by atoms with Crippen LogP contribution in [0.3, 0.4) is 0 Å². The zero-order valence-electron chi connectivity index (χ0n) is 79.2. The number of nitrogens with zero attached hydrogens (tertiary/aromatic N) is 21. The largest absolute Gasteiger partial charge is 0.448 e. The zero-order valence-corrected chi connectivity index (χ0v) is 79.2. The number of oxazole rings is 1. The molecule has 15 rings (SSSR count). The van der Waals surface area contributed by atoms with Gasteiger partial charge in [-0.1, -0.05) is 177 Å². The average Bonchev–Trinajstić information content (AvgIpc) is 1.84. The minimum atomic E-state index is 0.429. The van der Waals surface area contributed by atoms with Gasteiger partial charge in [0.2, 0.25) is 0 Å². The van der Waals surface area contributed by atoms with E-state index in [1.807, 2.05) is 104 Å². The highest BCUT2D eigenvalue weighted by Gasteiger charge is 2.18. The molecule has 10 aromatic heterocycles. The summed E-state index contributed by atoms with van der Waals surface area (Å²) in [5.41, 5.74) is 13.3. The Labute approximate surface area is 733 Å². The summed E-state index contributed by atoms with van der Waals surface area (Å²) >= 11 is 0. The molecule has 0 spiro atoms. The first kappa shape index (κ1) is 103. The Kier molecular flexibility index (Phi) is 47.6. The molecule has 11 aromatic rings. The van der Waals surface area contributed by atoms with E-state index in [0.29, 0.717) is 65.1 Å². The van der Waals surface area contributed by atoms with Gasteiger partial charge < -0.3 is 37.7 Å². The number of benzene rings is 1. The monoisotopic (exact) mass is 1670 g/mol. The Morgan fingerprint density at radius 1 is 0.377 bits per heavy atom. The number of aromatic nitrogens is 17. The van der Waals surface area contributed by atoms with Crippen LogP contribution in [0.5, 0.6) is 0 Å². The Balaban J connectivity index is 0.000000240. The van der Waals surface area contributed by atoms with Crippen molar-refractivity contribution in [3.05, 3.63) is 246 Å². The molecule has 0 bridgehead atoms. The van der Waals surface area contributed by atoms with E-state index in [1.165, 1.54) is 98.0 Å². The van der Waals surface area contributed by atoms with E-state index in [9.17, 15) is 0 Å². The van der Waals surface area contributed by atoms with Gasteiger partial charge in [-0.3, -0.25) is 29.5 Å². The molecule has 4 fully saturated rings. The summed E-state index contributed by atoms with van der Waals surface area (Å²) in [7, 11) is 6.00. The fourth-order valence-electron chi connectivity index (χ4n) is 13.0. The van der Waals surface area contributed by atoms with Crippen LogP contribution in [-0.2, 0) is 37.2 Å². The zero-order chi connectivity index (χ0) is 89.5. The predicted molar refractivity (Wildman–Crippen MR) is 501 cm³/mol. The number of rotatable bonds is 16. The second-order valence-electron chi connectivity index (χ2n) is 34.3. The lowest BCUT2D eigenvalue weighted by atomic mass is 10.0. The molecule has 0 atom stereocenters. The number of aryl methyl sites for hydroxylation is 4. The summed E-state index contributed by atoms with van der Waals surface area (Å²) < 4.78 is 21.8. The third-order valence-electron chi connectivity index (χ3n) is 20.3. The smallest absolute Gasteiger partial charge is 0.181 e. The maximum atomic E-state index is 5.33. The summed E-state index contributed by atoms with van der Waals surface area (Å²) in [4.78, 5) is 63.9. The highest BCUT2D eigenvalue weighted by atomic mass is 16.5. The molecule has 0 N–H and O–H groups in total. The second-order valence-corrected chi connectivity index (χ2v) is 34.3. The SMILES string of the molecule is CC(C)c1cccc(CN2CCCC2)n1.CC(C)c1cccc(N2CCCC2)c1.CC(C)c1cccc(N2CCOCC2)n1.CC(C)c1ccncn1.CC(C)c1ccnn1C.CC(C)c1cncc(N2CCOCC2)n1.CC(C)c1cnccn1.CC(C)c1cncn1C.CC(C)c1ncccn1.CC(C)c1nccn1C.Cc1ncoc1C(C)C.